The van der Waals surface area contributed by atoms with Crippen LogP contribution in [0.5, 0.6) is 0 Å². The van der Waals surface area contributed by atoms with E-state index in [4.69, 9.17) is 0 Å². The minimum absolute atomic E-state index is 1.00. The number of benzene rings is 3. The van der Waals surface area contributed by atoms with Crippen LogP contribution in [0.2, 0.25) is 0 Å². The van der Waals surface area contributed by atoms with E-state index in [0.29, 0.717) is 0 Å². The maximum Gasteiger partial charge on any atom is -0.00672 e. The SMILES string of the molecule is Cc1ccc2c(c1-c1c(C)ccc3ccccc13)C=CCC=C2. The summed E-state index contributed by atoms with van der Waals surface area (Å²) in [4.78, 5) is 0. The summed E-state index contributed by atoms with van der Waals surface area (Å²) in [7, 11) is 0. The molecule has 0 heterocycles. The molecule has 4 rings (SSSR count). The molecule has 0 aliphatic heterocycles. The van der Waals surface area contributed by atoms with Gasteiger partial charge in [-0.2, -0.15) is 0 Å². The van der Waals surface area contributed by atoms with Crippen molar-refractivity contribution in [3.8, 4) is 11.1 Å². The van der Waals surface area contributed by atoms with Gasteiger partial charge in [0.25, 0.3) is 0 Å². The monoisotopic (exact) mass is 296 g/mol. The van der Waals surface area contributed by atoms with Gasteiger partial charge in [0.15, 0.2) is 0 Å². The molecule has 0 radical (unpaired) electrons. The number of rotatable bonds is 1. The first-order valence-corrected chi connectivity index (χ1v) is 8.21. The van der Waals surface area contributed by atoms with Crippen molar-refractivity contribution in [1.82, 2.24) is 0 Å². The normalized spacial score (nSPS) is 13.1. The summed E-state index contributed by atoms with van der Waals surface area (Å²) >= 11 is 0. The van der Waals surface area contributed by atoms with Crippen LogP contribution in [0.15, 0.2) is 60.7 Å². The Morgan fingerprint density at radius 3 is 2.35 bits per heavy atom. The van der Waals surface area contributed by atoms with Gasteiger partial charge in [-0.05, 0) is 64.4 Å². The highest BCUT2D eigenvalue weighted by molar-refractivity contribution is 6.01. The lowest BCUT2D eigenvalue weighted by atomic mass is 9.86. The van der Waals surface area contributed by atoms with Crippen molar-refractivity contribution in [3.63, 3.8) is 0 Å². The number of fused-ring (bicyclic) bond motifs is 2. The van der Waals surface area contributed by atoms with E-state index in [-0.39, 0.29) is 0 Å². The highest BCUT2D eigenvalue weighted by Crippen LogP contribution is 2.38. The molecular weight excluding hydrogens is 276 g/mol. The smallest absolute Gasteiger partial charge is 0.00672 e. The van der Waals surface area contributed by atoms with E-state index in [9.17, 15) is 0 Å². The van der Waals surface area contributed by atoms with Crippen LogP contribution in [0.1, 0.15) is 28.7 Å². The summed E-state index contributed by atoms with van der Waals surface area (Å²) in [6, 6.07) is 17.6. The number of hydrogen-bond donors (Lipinski definition) is 0. The van der Waals surface area contributed by atoms with E-state index in [2.05, 4.69) is 86.7 Å². The molecule has 0 saturated heterocycles. The first-order chi connectivity index (χ1) is 11.3. The summed E-state index contributed by atoms with van der Waals surface area (Å²) in [5.74, 6) is 0. The molecule has 3 aromatic carbocycles. The number of hydrogen-bond acceptors (Lipinski definition) is 0. The summed E-state index contributed by atoms with van der Waals surface area (Å²) in [6.07, 6.45) is 10.0. The van der Waals surface area contributed by atoms with Crippen molar-refractivity contribution in [3.05, 3.63) is 82.9 Å². The van der Waals surface area contributed by atoms with Crippen LogP contribution >= 0.6 is 0 Å². The van der Waals surface area contributed by atoms with E-state index >= 15 is 0 Å². The van der Waals surface area contributed by atoms with Crippen LogP contribution in [0.25, 0.3) is 34.1 Å². The Bertz CT molecular complexity index is 955. The zero-order valence-electron chi connectivity index (χ0n) is 13.6. The number of allylic oxidation sites excluding steroid dienone is 2. The lowest BCUT2D eigenvalue weighted by Crippen LogP contribution is -1.95. The molecule has 23 heavy (non-hydrogen) atoms. The van der Waals surface area contributed by atoms with Crippen molar-refractivity contribution in [1.29, 1.82) is 0 Å². The molecule has 0 spiro atoms. The van der Waals surface area contributed by atoms with Crippen molar-refractivity contribution in [2.24, 2.45) is 0 Å². The summed E-state index contributed by atoms with van der Waals surface area (Å²) in [5, 5.41) is 2.64. The van der Waals surface area contributed by atoms with Crippen molar-refractivity contribution in [2.45, 2.75) is 20.3 Å². The van der Waals surface area contributed by atoms with E-state index < -0.39 is 0 Å². The Kier molecular flexibility index (Phi) is 3.38. The summed E-state index contributed by atoms with van der Waals surface area (Å²) < 4.78 is 0. The standard InChI is InChI=1S/C23H20/c1-16-12-14-18-8-4-3-5-10-20(18)22(16)23-17(2)13-15-19-9-6-7-11-21(19)23/h4-15H,3H2,1-2H3. The average molecular weight is 296 g/mol. The second kappa shape index (κ2) is 5.55. The lowest BCUT2D eigenvalue weighted by molar-refractivity contribution is 1.41. The molecule has 0 atom stereocenters. The van der Waals surface area contributed by atoms with E-state index in [1.807, 2.05) is 0 Å². The average Bonchev–Trinajstić information content (AvgIpc) is 2.81. The molecule has 0 heteroatoms. The van der Waals surface area contributed by atoms with Crippen LogP contribution in [0, 0.1) is 13.8 Å². The van der Waals surface area contributed by atoms with Gasteiger partial charge in [-0.1, -0.05) is 72.8 Å². The molecule has 3 aromatic rings. The van der Waals surface area contributed by atoms with Gasteiger partial charge in [-0.25, -0.2) is 0 Å². The Morgan fingerprint density at radius 2 is 1.43 bits per heavy atom. The zero-order chi connectivity index (χ0) is 15.8. The molecule has 0 fully saturated rings. The zero-order valence-corrected chi connectivity index (χ0v) is 13.6. The van der Waals surface area contributed by atoms with Gasteiger partial charge < -0.3 is 0 Å². The molecule has 0 amide bonds. The van der Waals surface area contributed by atoms with Gasteiger partial charge >= 0.3 is 0 Å². The predicted octanol–water partition coefficient (Wildman–Crippen LogP) is 6.55. The van der Waals surface area contributed by atoms with E-state index in [1.165, 1.54) is 44.2 Å². The van der Waals surface area contributed by atoms with Gasteiger partial charge in [0.2, 0.25) is 0 Å². The molecule has 112 valence electrons. The molecule has 0 bridgehead atoms. The molecule has 0 N–H and O–H groups in total. The lowest BCUT2D eigenvalue weighted by Gasteiger charge is -2.18. The summed E-state index contributed by atoms with van der Waals surface area (Å²) in [5.41, 5.74) is 8.08. The van der Waals surface area contributed by atoms with Crippen LogP contribution in [-0.2, 0) is 0 Å². The minimum atomic E-state index is 1.00. The van der Waals surface area contributed by atoms with Crippen molar-refractivity contribution in [2.75, 3.05) is 0 Å². The minimum Gasteiger partial charge on any atom is -0.0801 e. The fraction of sp³-hybridized carbons (Fsp3) is 0.130. The van der Waals surface area contributed by atoms with Crippen molar-refractivity contribution >= 4 is 22.9 Å². The first-order valence-electron chi connectivity index (χ1n) is 8.21. The predicted molar refractivity (Wildman–Crippen MR) is 102 cm³/mol. The maximum absolute atomic E-state index is 2.29. The Morgan fingerprint density at radius 1 is 0.696 bits per heavy atom. The Labute approximate surface area is 137 Å². The molecule has 0 saturated carbocycles. The number of aryl methyl sites for hydroxylation is 2. The molecule has 1 aliphatic carbocycles. The quantitative estimate of drug-likeness (QED) is 0.477. The topological polar surface area (TPSA) is 0 Å². The van der Waals surface area contributed by atoms with Crippen LogP contribution < -0.4 is 0 Å². The van der Waals surface area contributed by atoms with E-state index in [0.717, 1.165) is 6.42 Å². The first kappa shape index (κ1) is 14.0. The van der Waals surface area contributed by atoms with Crippen molar-refractivity contribution < 1.29 is 0 Å². The largest absolute Gasteiger partial charge is 0.0801 e. The third kappa shape index (κ3) is 2.31. The second-order valence-corrected chi connectivity index (χ2v) is 6.28. The Balaban J connectivity index is 2.14. The van der Waals surface area contributed by atoms with Gasteiger partial charge in [-0.15, -0.1) is 0 Å². The molecule has 0 unspecified atom stereocenters. The third-order valence-electron chi connectivity index (χ3n) is 4.73. The van der Waals surface area contributed by atoms with Crippen LogP contribution in [0.3, 0.4) is 0 Å². The fourth-order valence-corrected chi connectivity index (χ4v) is 3.57. The van der Waals surface area contributed by atoms with Gasteiger partial charge in [0.1, 0.15) is 0 Å². The molecule has 0 nitrogen and oxygen atoms in total. The van der Waals surface area contributed by atoms with Crippen LogP contribution in [0.4, 0.5) is 0 Å². The Hall–Kier alpha value is -2.60. The maximum atomic E-state index is 2.29. The third-order valence-corrected chi connectivity index (χ3v) is 4.73. The molecule has 1 aliphatic rings. The fourth-order valence-electron chi connectivity index (χ4n) is 3.57. The van der Waals surface area contributed by atoms with Gasteiger partial charge in [0, 0.05) is 0 Å². The highest BCUT2D eigenvalue weighted by Gasteiger charge is 2.15. The molecular formula is C23H20. The highest BCUT2D eigenvalue weighted by atomic mass is 14.2. The van der Waals surface area contributed by atoms with Gasteiger partial charge in [0.05, 0.1) is 0 Å². The van der Waals surface area contributed by atoms with Gasteiger partial charge in [-0.3, -0.25) is 0 Å². The summed E-state index contributed by atoms with van der Waals surface area (Å²) in [6.45, 7) is 4.44. The second-order valence-electron chi connectivity index (χ2n) is 6.28. The van der Waals surface area contributed by atoms with E-state index in [1.54, 1.807) is 0 Å². The molecule has 0 aromatic heterocycles. The van der Waals surface area contributed by atoms with Crippen LogP contribution in [-0.4, -0.2) is 0 Å².